The first kappa shape index (κ1) is 6.47. The first-order chi connectivity index (χ1) is 5.42. The Kier molecular flexibility index (Phi) is 1.42. The maximum Gasteiger partial charge on any atom is 0.0480 e. The highest BCUT2D eigenvalue weighted by Crippen LogP contribution is 2.14. The van der Waals surface area contributed by atoms with Gasteiger partial charge in [-0.15, -0.1) is 0 Å². The molecule has 0 aliphatic carbocycles. The second kappa shape index (κ2) is 2.42. The van der Waals surface area contributed by atoms with Crippen LogP contribution in [0.2, 0.25) is 0 Å². The first-order valence-electron chi connectivity index (χ1n) is 3.95. The van der Waals surface area contributed by atoms with Gasteiger partial charge in [-0.3, -0.25) is 0 Å². The van der Waals surface area contributed by atoms with E-state index in [9.17, 15) is 0 Å². The molecule has 11 heavy (non-hydrogen) atoms. The van der Waals surface area contributed by atoms with Gasteiger partial charge < -0.3 is 4.57 Å². The van der Waals surface area contributed by atoms with Crippen LogP contribution < -0.4 is 0 Å². The van der Waals surface area contributed by atoms with Gasteiger partial charge in [0.15, 0.2) is 0 Å². The van der Waals surface area contributed by atoms with Gasteiger partial charge in [0, 0.05) is 18.3 Å². The Bertz CT molecular complexity index is 360. The molecule has 0 bridgehead atoms. The Morgan fingerprint density at radius 2 is 2.00 bits per heavy atom. The lowest BCUT2D eigenvalue weighted by Gasteiger charge is -1.98. The summed E-state index contributed by atoms with van der Waals surface area (Å²) in [5.41, 5.74) is 1.33. The van der Waals surface area contributed by atoms with E-state index in [4.69, 9.17) is 0 Å². The Hall–Kier alpha value is -1.24. The van der Waals surface area contributed by atoms with E-state index >= 15 is 0 Å². The average Bonchev–Trinajstić information content (AvgIpc) is 2.47. The summed E-state index contributed by atoms with van der Waals surface area (Å²) >= 11 is 0. The minimum atomic E-state index is 1.05. The summed E-state index contributed by atoms with van der Waals surface area (Å²) in [4.78, 5) is 0. The van der Waals surface area contributed by atoms with Gasteiger partial charge >= 0.3 is 0 Å². The van der Waals surface area contributed by atoms with Crippen LogP contribution >= 0.6 is 0 Å². The summed E-state index contributed by atoms with van der Waals surface area (Å²) in [5, 5.41) is 1.33. The molecule has 0 fully saturated rings. The maximum absolute atomic E-state index is 2.25. The lowest BCUT2D eigenvalue weighted by Crippen LogP contribution is -1.89. The molecule has 2 aromatic rings. The molecule has 0 unspecified atom stereocenters. The average molecular weight is 145 g/mol. The number of para-hydroxylation sites is 1. The highest BCUT2D eigenvalue weighted by atomic mass is 14.9. The van der Waals surface area contributed by atoms with Gasteiger partial charge in [0.1, 0.15) is 0 Å². The number of rotatable bonds is 1. The van der Waals surface area contributed by atoms with Crippen LogP contribution in [0, 0.1) is 0 Å². The largest absolute Gasteiger partial charge is 0.348 e. The Morgan fingerprint density at radius 3 is 2.82 bits per heavy atom. The van der Waals surface area contributed by atoms with Crippen LogP contribution in [-0.4, -0.2) is 4.57 Å². The third kappa shape index (κ3) is 0.929. The van der Waals surface area contributed by atoms with Crippen molar-refractivity contribution in [3.8, 4) is 0 Å². The maximum atomic E-state index is 2.25. The number of hydrogen-bond donors (Lipinski definition) is 0. The summed E-state index contributed by atoms with van der Waals surface area (Å²) in [5.74, 6) is 0. The van der Waals surface area contributed by atoms with Gasteiger partial charge in [0.2, 0.25) is 0 Å². The lowest BCUT2D eigenvalue weighted by atomic mass is 10.2. The molecule has 1 nitrogen and oxygen atoms in total. The minimum Gasteiger partial charge on any atom is -0.348 e. The zero-order valence-electron chi connectivity index (χ0n) is 6.62. The van der Waals surface area contributed by atoms with Gasteiger partial charge in [-0.05, 0) is 24.4 Å². The summed E-state index contributed by atoms with van der Waals surface area (Å²) in [6, 6.07) is 10.6. The van der Waals surface area contributed by atoms with Crippen LogP contribution in [0.25, 0.3) is 10.9 Å². The van der Waals surface area contributed by atoms with Crippen molar-refractivity contribution in [1.29, 1.82) is 0 Å². The van der Waals surface area contributed by atoms with Crippen LogP contribution in [0.4, 0.5) is 0 Å². The summed E-state index contributed by atoms with van der Waals surface area (Å²) in [6.45, 7) is 3.21. The quantitative estimate of drug-likeness (QED) is 0.581. The fraction of sp³-hybridized carbons (Fsp3) is 0.200. The molecule has 1 aromatic carbocycles. The molecule has 0 radical (unpaired) electrons. The molecule has 0 amide bonds. The molecule has 0 saturated carbocycles. The van der Waals surface area contributed by atoms with E-state index in [1.54, 1.807) is 0 Å². The molecular formula is C10H11N. The van der Waals surface area contributed by atoms with Crippen molar-refractivity contribution in [2.24, 2.45) is 0 Å². The zero-order valence-corrected chi connectivity index (χ0v) is 6.62. The molecule has 0 spiro atoms. The van der Waals surface area contributed by atoms with Gasteiger partial charge in [0.25, 0.3) is 0 Å². The van der Waals surface area contributed by atoms with Gasteiger partial charge in [0.05, 0.1) is 0 Å². The van der Waals surface area contributed by atoms with E-state index in [1.165, 1.54) is 10.9 Å². The van der Waals surface area contributed by atoms with Crippen LogP contribution in [0.5, 0.6) is 0 Å². The zero-order chi connectivity index (χ0) is 7.68. The topological polar surface area (TPSA) is 4.93 Å². The van der Waals surface area contributed by atoms with Crippen LogP contribution in [0.3, 0.4) is 0 Å². The molecular weight excluding hydrogens is 134 g/mol. The van der Waals surface area contributed by atoms with Crippen molar-refractivity contribution in [3.05, 3.63) is 36.5 Å². The van der Waals surface area contributed by atoms with Crippen molar-refractivity contribution in [2.75, 3.05) is 0 Å². The molecule has 0 aliphatic rings. The second-order valence-corrected chi connectivity index (χ2v) is 2.66. The van der Waals surface area contributed by atoms with Gasteiger partial charge in [-0.25, -0.2) is 0 Å². The fourth-order valence-electron chi connectivity index (χ4n) is 1.42. The van der Waals surface area contributed by atoms with Crippen LogP contribution in [0.1, 0.15) is 6.92 Å². The predicted octanol–water partition coefficient (Wildman–Crippen LogP) is 2.66. The van der Waals surface area contributed by atoms with E-state index in [-0.39, 0.29) is 0 Å². The second-order valence-electron chi connectivity index (χ2n) is 2.66. The molecule has 0 N–H and O–H groups in total. The van der Waals surface area contributed by atoms with Crippen LogP contribution in [-0.2, 0) is 6.54 Å². The SMILES string of the molecule is CCn1ccc2ccccc21. The van der Waals surface area contributed by atoms with Crippen molar-refractivity contribution in [1.82, 2.24) is 4.57 Å². The standard InChI is InChI=1S/C10H11N/c1-2-11-8-7-9-5-3-4-6-10(9)11/h3-8H,2H2,1H3. The number of nitrogens with zero attached hydrogens (tertiary/aromatic N) is 1. The highest BCUT2D eigenvalue weighted by Gasteiger charge is 1.95. The Morgan fingerprint density at radius 1 is 1.18 bits per heavy atom. The van der Waals surface area contributed by atoms with Crippen molar-refractivity contribution in [3.63, 3.8) is 0 Å². The molecule has 56 valence electrons. The monoisotopic (exact) mass is 145 g/mol. The number of aryl methyl sites for hydroxylation is 1. The third-order valence-corrected chi connectivity index (χ3v) is 2.02. The van der Waals surface area contributed by atoms with E-state index in [2.05, 4.69) is 48.0 Å². The molecule has 0 atom stereocenters. The van der Waals surface area contributed by atoms with E-state index in [0.717, 1.165) is 6.54 Å². The number of fused-ring (bicyclic) bond motifs is 1. The lowest BCUT2D eigenvalue weighted by molar-refractivity contribution is 0.798. The van der Waals surface area contributed by atoms with Crippen molar-refractivity contribution in [2.45, 2.75) is 13.5 Å². The molecule has 1 aromatic heterocycles. The van der Waals surface area contributed by atoms with E-state index in [1.807, 2.05) is 0 Å². The minimum absolute atomic E-state index is 1.05. The fourth-order valence-corrected chi connectivity index (χ4v) is 1.42. The molecule has 2 rings (SSSR count). The van der Waals surface area contributed by atoms with Gasteiger partial charge in [-0.2, -0.15) is 0 Å². The first-order valence-corrected chi connectivity index (χ1v) is 3.95. The van der Waals surface area contributed by atoms with E-state index < -0.39 is 0 Å². The van der Waals surface area contributed by atoms with Crippen molar-refractivity contribution < 1.29 is 0 Å². The normalized spacial score (nSPS) is 10.6. The molecule has 1 heterocycles. The summed E-state index contributed by atoms with van der Waals surface area (Å²) < 4.78 is 2.25. The number of hydrogen-bond acceptors (Lipinski definition) is 0. The highest BCUT2D eigenvalue weighted by molar-refractivity contribution is 5.79. The van der Waals surface area contributed by atoms with Crippen molar-refractivity contribution >= 4 is 10.9 Å². The number of benzene rings is 1. The molecule has 0 aliphatic heterocycles. The predicted molar refractivity (Wildman–Crippen MR) is 47.6 cm³/mol. The van der Waals surface area contributed by atoms with Gasteiger partial charge in [-0.1, -0.05) is 18.2 Å². The summed E-state index contributed by atoms with van der Waals surface area (Å²) in [6.07, 6.45) is 2.13. The van der Waals surface area contributed by atoms with E-state index in [0.29, 0.717) is 0 Å². The Labute approximate surface area is 66.3 Å². The smallest absolute Gasteiger partial charge is 0.0480 e. The number of aromatic nitrogens is 1. The summed E-state index contributed by atoms with van der Waals surface area (Å²) in [7, 11) is 0. The Balaban J connectivity index is 2.76. The molecule has 0 saturated heterocycles. The molecule has 1 heteroatoms. The third-order valence-electron chi connectivity index (χ3n) is 2.02. The van der Waals surface area contributed by atoms with Crippen LogP contribution in [0.15, 0.2) is 36.5 Å².